The van der Waals surface area contributed by atoms with E-state index < -0.39 is 0 Å². The van der Waals surface area contributed by atoms with Crippen molar-refractivity contribution in [3.8, 4) is 0 Å². The van der Waals surface area contributed by atoms with Gasteiger partial charge in [0.05, 0.1) is 5.52 Å². The Bertz CT molecular complexity index is 591. The van der Waals surface area contributed by atoms with Crippen molar-refractivity contribution in [1.82, 2.24) is 15.2 Å². The van der Waals surface area contributed by atoms with Gasteiger partial charge in [0.1, 0.15) is 0 Å². The fourth-order valence-electron chi connectivity index (χ4n) is 3.34. The van der Waals surface area contributed by atoms with E-state index in [0.717, 1.165) is 31.6 Å². The highest BCUT2D eigenvalue weighted by atomic mass is 15.2. The molecule has 1 aliphatic rings. The fraction of sp³-hybridized carbons (Fsp3) is 0.500. The van der Waals surface area contributed by atoms with Gasteiger partial charge in [0.2, 0.25) is 0 Å². The van der Waals surface area contributed by atoms with E-state index in [-0.39, 0.29) is 0 Å². The van der Waals surface area contributed by atoms with Crippen LogP contribution >= 0.6 is 0 Å². The lowest BCUT2D eigenvalue weighted by atomic mass is 10.0. The Morgan fingerprint density at radius 2 is 2.14 bits per heavy atom. The molecule has 0 spiro atoms. The summed E-state index contributed by atoms with van der Waals surface area (Å²) in [5.74, 6) is 0. The Labute approximate surface area is 127 Å². The third-order valence-electron chi connectivity index (χ3n) is 4.58. The summed E-state index contributed by atoms with van der Waals surface area (Å²) in [6.07, 6.45) is 4.19. The lowest BCUT2D eigenvalue weighted by Gasteiger charge is -2.39. The van der Waals surface area contributed by atoms with Crippen LogP contribution in [0.15, 0.2) is 36.5 Å². The average Bonchev–Trinajstić information content (AvgIpc) is 2.53. The van der Waals surface area contributed by atoms with Gasteiger partial charge in [-0.3, -0.25) is 9.88 Å². The first-order chi connectivity index (χ1) is 10.3. The van der Waals surface area contributed by atoms with Crippen LogP contribution in [0.4, 0.5) is 0 Å². The minimum atomic E-state index is 0.596. The normalized spacial score (nSPS) is 23.5. The number of rotatable bonds is 4. The zero-order chi connectivity index (χ0) is 14.7. The van der Waals surface area contributed by atoms with Gasteiger partial charge in [0.25, 0.3) is 0 Å². The Kier molecular flexibility index (Phi) is 4.51. The van der Waals surface area contributed by atoms with Crippen molar-refractivity contribution < 1.29 is 0 Å². The minimum Gasteiger partial charge on any atom is -0.311 e. The van der Waals surface area contributed by atoms with Gasteiger partial charge in [-0.1, -0.05) is 31.2 Å². The van der Waals surface area contributed by atoms with Crippen molar-refractivity contribution in [3.63, 3.8) is 0 Å². The summed E-state index contributed by atoms with van der Waals surface area (Å²) >= 11 is 0. The zero-order valence-corrected chi connectivity index (χ0v) is 13.0. The third kappa shape index (κ3) is 3.25. The van der Waals surface area contributed by atoms with Gasteiger partial charge < -0.3 is 5.32 Å². The molecule has 2 unspecified atom stereocenters. The topological polar surface area (TPSA) is 28.2 Å². The van der Waals surface area contributed by atoms with Gasteiger partial charge >= 0.3 is 0 Å². The molecule has 0 aliphatic carbocycles. The van der Waals surface area contributed by atoms with Crippen LogP contribution in [0.5, 0.6) is 0 Å². The Balaban J connectivity index is 1.73. The summed E-state index contributed by atoms with van der Waals surface area (Å²) in [5.41, 5.74) is 2.53. The second-order valence-corrected chi connectivity index (χ2v) is 6.11. The fourth-order valence-corrected chi connectivity index (χ4v) is 3.34. The minimum absolute atomic E-state index is 0.596. The molecular weight excluding hydrogens is 258 g/mol. The third-order valence-corrected chi connectivity index (χ3v) is 4.58. The Hall–Kier alpha value is -1.45. The van der Waals surface area contributed by atoms with Crippen molar-refractivity contribution in [2.45, 2.75) is 38.8 Å². The number of fused-ring (bicyclic) bond motifs is 1. The van der Waals surface area contributed by atoms with E-state index in [9.17, 15) is 0 Å². The zero-order valence-electron chi connectivity index (χ0n) is 13.0. The van der Waals surface area contributed by atoms with Crippen molar-refractivity contribution in [2.24, 2.45) is 0 Å². The van der Waals surface area contributed by atoms with E-state index in [0.29, 0.717) is 12.1 Å². The van der Waals surface area contributed by atoms with Crippen molar-refractivity contribution in [3.05, 3.63) is 42.1 Å². The first-order valence-electron chi connectivity index (χ1n) is 8.08. The van der Waals surface area contributed by atoms with Gasteiger partial charge in [0.15, 0.2) is 0 Å². The standard InChI is InChI=1S/C18H25N3/c1-3-17-12-20-14(2)13-21(17)11-9-16-7-4-6-15-8-5-10-19-18(15)16/h4-8,10,14,17,20H,3,9,11-13H2,1-2H3. The molecule has 1 saturated heterocycles. The van der Waals surface area contributed by atoms with Crippen LogP contribution in [-0.4, -0.2) is 41.6 Å². The van der Waals surface area contributed by atoms with E-state index in [2.05, 4.69) is 53.3 Å². The predicted molar refractivity (Wildman–Crippen MR) is 88.6 cm³/mol. The second-order valence-electron chi connectivity index (χ2n) is 6.11. The molecule has 3 heteroatoms. The quantitative estimate of drug-likeness (QED) is 0.935. The molecule has 1 aromatic heterocycles. The molecule has 1 aromatic carbocycles. The molecule has 0 saturated carbocycles. The summed E-state index contributed by atoms with van der Waals surface area (Å²) in [6.45, 7) is 7.95. The smallest absolute Gasteiger partial charge is 0.0734 e. The van der Waals surface area contributed by atoms with Crippen LogP contribution < -0.4 is 5.32 Å². The number of hydrogen-bond donors (Lipinski definition) is 1. The van der Waals surface area contributed by atoms with Crippen molar-refractivity contribution in [1.29, 1.82) is 0 Å². The summed E-state index contributed by atoms with van der Waals surface area (Å²) in [7, 11) is 0. The first-order valence-corrected chi connectivity index (χ1v) is 8.08. The molecule has 1 fully saturated rings. The predicted octanol–water partition coefficient (Wildman–Crippen LogP) is 2.85. The first kappa shape index (κ1) is 14.5. The molecule has 0 amide bonds. The number of nitrogens with zero attached hydrogens (tertiary/aromatic N) is 2. The molecule has 112 valence electrons. The molecule has 3 rings (SSSR count). The van der Waals surface area contributed by atoms with E-state index in [4.69, 9.17) is 0 Å². The van der Waals surface area contributed by atoms with Crippen LogP contribution in [0.3, 0.4) is 0 Å². The van der Waals surface area contributed by atoms with Gasteiger partial charge in [-0.2, -0.15) is 0 Å². The lowest BCUT2D eigenvalue weighted by Crippen LogP contribution is -2.55. The summed E-state index contributed by atoms with van der Waals surface area (Å²) < 4.78 is 0. The summed E-state index contributed by atoms with van der Waals surface area (Å²) in [6, 6.07) is 11.9. The van der Waals surface area contributed by atoms with Crippen molar-refractivity contribution >= 4 is 10.9 Å². The summed E-state index contributed by atoms with van der Waals surface area (Å²) in [5, 5.41) is 4.83. The maximum Gasteiger partial charge on any atom is 0.0734 e. The van der Waals surface area contributed by atoms with Crippen molar-refractivity contribution in [2.75, 3.05) is 19.6 Å². The maximum atomic E-state index is 4.57. The molecule has 1 N–H and O–H groups in total. The van der Waals surface area contributed by atoms with E-state index >= 15 is 0 Å². The molecule has 0 radical (unpaired) electrons. The van der Waals surface area contributed by atoms with E-state index in [1.807, 2.05) is 12.3 Å². The molecule has 1 aliphatic heterocycles. The molecule has 2 heterocycles. The van der Waals surface area contributed by atoms with Crippen LogP contribution in [0.25, 0.3) is 10.9 Å². The lowest BCUT2D eigenvalue weighted by molar-refractivity contribution is 0.133. The number of para-hydroxylation sites is 1. The molecule has 2 atom stereocenters. The van der Waals surface area contributed by atoms with Gasteiger partial charge in [-0.25, -0.2) is 0 Å². The number of piperazine rings is 1. The number of hydrogen-bond acceptors (Lipinski definition) is 3. The highest BCUT2D eigenvalue weighted by Crippen LogP contribution is 2.18. The molecule has 21 heavy (non-hydrogen) atoms. The Morgan fingerprint density at radius 3 is 3.00 bits per heavy atom. The number of aromatic nitrogens is 1. The summed E-state index contributed by atoms with van der Waals surface area (Å²) in [4.78, 5) is 7.21. The van der Waals surface area contributed by atoms with E-state index in [1.54, 1.807) is 0 Å². The number of benzene rings is 1. The average molecular weight is 283 g/mol. The van der Waals surface area contributed by atoms with Gasteiger partial charge in [0, 0.05) is 43.3 Å². The highest BCUT2D eigenvalue weighted by Gasteiger charge is 2.23. The molecule has 0 bridgehead atoms. The van der Waals surface area contributed by atoms with Crippen LogP contribution in [-0.2, 0) is 6.42 Å². The molecule has 3 nitrogen and oxygen atoms in total. The second kappa shape index (κ2) is 6.54. The maximum absolute atomic E-state index is 4.57. The van der Waals surface area contributed by atoms with Crippen LogP contribution in [0.1, 0.15) is 25.8 Å². The monoisotopic (exact) mass is 283 g/mol. The van der Waals surface area contributed by atoms with E-state index in [1.165, 1.54) is 17.4 Å². The van der Waals surface area contributed by atoms with Gasteiger partial charge in [-0.15, -0.1) is 0 Å². The molecular formula is C18H25N3. The number of nitrogens with one attached hydrogen (secondary N) is 1. The SMILES string of the molecule is CCC1CNC(C)CN1CCc1cccc2cccnc12. The highest BCUT2D eigenvalue weighted by molar-refractivity contribution is 5.81. The van der Waals surface area contributed by atoms with Crippen LogP contribution in [0, 0.1) is 0 Å². The Morgan fingerprint density at radius 1 is 1.29 bits per heavy atom. The largest absolute Gasteiger partial charge is 0.311 e. The molecule has 2 aromatic rings. The number of pyridine rings is 1. The van der Waals surface area contributed by atoms with Gasteiger partial charge in [-0.05, 0) is 31.4 Å². The van der Waals surface area contributed by atoms with Crippen LogP contribution in [0.2, 0.25) is 0 Å².